The van der Waals surface area contributed by atoms with Crippen LogP contribution in [-0.4, -0.2) is 9.97 Å². The van der Waals surface area contributed by atoms with Crippen LogP contribution in [0.15, 0.2) is 54.6 Å². The van der Waals surface area contributed by atoms with Gasteiger partial charge in [-0.3, -0.25) is 0 Å². The highest BCUT2D eigenvalue weighted by molar-refractivity contribution is 5.61. The van der Waals surface area contributed by atoms with E-state index in [-0.39, 0.29) is 11.6 Å². The number of nitrogens with zero attached hydrogens (tertiary/aromatic N) is 2. The van der Waals surface area contributed by atoms with Crippen LogP contribution in [0.2, 0.25) is 0 Å². The zero-order valence-corrected chi connectivity index (χ0v) is 14.2. The van der Waals surface area contributed by atoms with E-state index in [2.05, 4.69) is 20.6 Å². The number of hydrogen-bond acceptors (Lipinski definition) is 4. The molecule has 0 aliphatic carbocycles. The maximum Gasteiger partial charge on any atom is 0.416 e. The third-order valence-electron chi connectivity index (χ3n) is 3.59. The SMILES string of the molecule is Cc1cccc(Nc2cc(C)nc(Nc3cccc(C(F)(F)F)c3)n2)c1. The molecule has 0 fully saturated rings. The van der Waals surface area contributed by atoms with E-state index in [0.29, 0.717) is 11.5 Å². The van der Waals surface area contributed by atoms with E-state index >= 15 is 0 Å². The van der Waals surface area contributed by atoms with Crippen molar-refractivity contribution in [2.24, 2.45) is 0 Å². The molecule has 3 rings (SSSR count). The molecule has 0 spiro atoms. The molecule has 2 aromatic carbocycles. The Morgan fingerprint density at radius 2 is 1.50 bits per heavy atom. The summed E-state index contributed by atoms with van der Waals surface area (Å²) in [6.07, 6.45) is -4.40. The summed E-state index contributed by atoms with van der Waals surface area (Å²) >= 11 is 0. The van der Waals surface area contributed by atoms with Gasteiger partial charge in [-0.2, -0.15) is 18.2 Å². The molecule has 2 N–H and O–H groups in total. The van der Waals surface area contributed by atoms with Gasteiger partial charge in [0.2, 0.25) is 5.95 Å². The smallest absolute Gasteiger partial charge is 0.340 e. The van der Waals surface area contributed by atoms with Crippen molar-refractivity contribution in [1.29, 1.82) is 0 Å². The number of rotatable bonds is 4. The molecule has 0 aliphatic rings. The minimum Gasteiger partial charge on any atom is -0.340 e. The van der Waals surface area contributed by atoms with Crippen molar-refractivity contribution >= 4 is 23.1 Å². The number of nitrogens with one attached hydrogen (secondary N) is 2. The third-order valence-corrected chi connectivity index (χ3v) is 3.59. The van der Waals surface area contributed by atoms with Crippen molar-refractivity contribution < 1.29 is 13.2 Å². The first-order valence-electron chi connectivity index (χ1n) is 7.93. The van der Waals surface area contributed by atoms with E-state index in [9.17, 15) is 13.2 Å². The standard InChI is InChI=1S/C19H17F3N4/c1-12-5-3-7-15(9-12)24-17-10-13(2)23-18(26-17)25-16-8-4-6-14(11-16)19(20,21)22/h3-11H,1-2H3,(H2,23,24,25,26). The predicted molar refractivity (Wildman–Crippen MR) is 96.0 cm³/mol. The molecule has 0 saturated heterocycles. The van der Waals surface area contributed by atoms with Crippen molar-refractivity contribution in [1.82, 2.24) is 9.97 Å². The highest BCUT2D eigenvalue weighted by Gasteiger charge is 2.30. The Kier molecular flexibility index (Phi) is 4.79. The van der Waals surface area contributed by atoms with Crippen molar-refractivity contribution in [2.45, 2.75) is 20.0 Å². The van der Waals surface area contributed by atoms with E-state index < -0.39 is 11.7 Å². The van der Waals surface area contributed by atoms with Crippen LogP contribution in [0.4, 0.5) is 36.3 Å². The lowest BCUT2D eigenvalue weighted by Crippen LogP contribution is -2.06. The molecule has 1 aromatic heterocycles. The van der Waals surface area contributed by atoms with Gasteiger partial charge in [-0.25, -0.2) is 4.98 Å². The maximum absolute atomic E-state index is 12.8. The van der Waals surface area contributed by atoms with Crippen LogP contribution in [0.25, 0.3) is 0 Å². The maximum atomic E-state index is 12.8. The van der Waals surface area contributed by atoms with E-state index in [0.717, 1.165) is 23.4 Å². The first-order valence-corrected chi connectivity index (χ1v) is 7.93. The van der Waals surface area contributed by atoms with Gasteiger partial charge < -0.3 is 10.6 Å². The summed E-state index contributed by atoms with van der Waals surface area (Å²) in [4.78, 5) is 8.57. The number of hydrogen-bond donors (Lipinski definition) is 2. The number of halogens is 3. The molecule has 0 atom stereocenters. The minimum absolute atomic E-state index is 0.222. The molecular formula is C19H17F3N4. The molecular weight excluding hydrogens is 341 g/mol. The zero-order chi connectivity index (χ0) is 18.7. The Hall–Kier alpha value is -3.09. The molecule has 0 saturated carbocycles. The van der Waals surface area contributed by atoms with Gasteiger partial charge in [0.1, 0.15) is 5.82 Å². The molecule has 134 valence electrons. The Morgan fingerprint density at radius 1 is 0.808 bits per heavy atom. The number of alkyl halides is 3. The second-order valence-corrected chi connectivity index (χ2v) is 5.92. The number of aryl methyl sites for hydroxylation is 2. The van der Waals surface area contributed by atoms with Crippen LogP contribution in [-0.2, 0) is 6.18 Å². The summed E-state index contributed by atoms with van der Waals surface area (Å²) in [5.41, 5.74) is 2.20. The molecule has 0 amide bonds. The Morgan fingerprint density at radius 3 is 2.19 bits per heavy atom. The lowest BCUT2D eigenvalue weighted by molar-refractivity contribution is -0.137. The topological polar surface area (TPSA) is 49.8 Å². The summed E-state index contributed by atoms with van der Waals surface area (Å²) in [7, 11) is 0. The normalized spacial score (nSPS) is 11.3. The van der Waals surface area contributed by atoms with Crippen LogP contribution in [0.3, 0.4) is 0 Å². The van der Waals surface area contributed by atoms with Crippen molar-refractivity contribution in [3.63, 3.8) is 0 Å². The molecule has 7 heteroatoms. The molecule has 0 bridgehead atoms. The van der Waals surface area contributed by atoms with Gasteiger partial charge in [0.15, 0.2) is 0 Å². The van der Waals surface area contributed by atoms with Crippen LogP contribution in [0.1, 0.15) is 16.8 Å². The van der Waals surface area contributed by atoms with Crippen molar-refractivity contribution in [3.8, 4) is 0 Å². The summed E-state index contributed by atoms with van der Waals surface area (Å²) in [5.74, 6) is 0.775. The molecule has 4 nitrogen and oxygen atoms in total. The molecule has 3 aromatic rings. The number of benzene rings is 2. The van der Waals surface area contributed by atoms with Gasteiger partial charge in [-0.15, -0.1) is 0 Å². The summed E-state index contributed by atoms with van der Waals surface area (Å²) in [6, 6.07) is 14.5. The van der Waals surface area contributed by atoms with E-state index in [1.165, 1.54) is 12.1 Å². The minimum atomic E-state index is -4.40. The van der Waals surface area contributed by atoms with E-state index in [1.807, 2.05) is 31.2 Å². The van der Waals surface area contributed by atoms with E-state index in [4.69, 9.17) is 0 Å². The quantitative estimate of drug-likeness (QED) is 0.637. The Bertz CT molecular complexity index is 923. The van der Waals surface area contributed by atoms with Gasteiger partial charge in [-0.05, 0) is 49.7 Å². The predicted octanol–water partition coefficient (Wildman–Crippen LogP) is 5.60. The largest absolute Gasteiger partial charge is 0.416 e. The van der Waals surface area contributed by atoms with Crippen molar-refractivity contribution in [3.05, 3.63) is 71.4 Å². The van der Waals surface area contributed by atoms with Crippen LogP contribution < -0.4 is 10.6 Å². The molecule has 0 radical (unpaired) electrons. The number of anilines is 4. The highest BCUT2D eigenvalue weighted by atomic mass is 19.4. The average Bonchev–Trinajstić information content (AvgIpc) is 2.53. The lowest BCUT2D eigenvalue weighted by Gasteiger charge is -2.12. The second kappa shape index (κ2) is 7.03. The van der Waals surface area contributed by atoms with Gasteiger partial charge >= 0.3 is 6.18 Å². The molecule has 26 heavy (non-hydrogen) atoms. The van der Waals surface area contributed by atoms with E-state index in [1.54, 1.807) is 13.0 Å². The fraction of sp³-hybridized carbons (Fsp3) is 0.158. The molecule has 0 aliphatic heterocycles. The Balaban J connectivity index is 1.84. The van der Waals surface area contributed by atoms with Gasteiger partial charge in [0.05, 0.1) is 5.56 Å². The zero-order valence-electron chi connectivity index (χ0n) is 14.2. The lowest BCUT2D eigenvalue weighted by atomic mass is 10.2. The first kappa shape index (κ1) is 17.7. The summed E-state index contributed by atoms with van der Waals surface area (Å²) < 4.78 is 38.5. The molecule has 0 unspecified atom stereocenters. The first-order chi connectivity index (χ1) is 12.3. The molecule has 1 heterocycles. The van der Waals surface area contributed by atoms with Gasteiger partial charge in [-0.1, -0.05) is 18.2 Å². The van der Waals surface area contributed by atoms with Gasteiger partial charge in [0, 0.05) is 23.1 Å². The van der Waals surface area contributed by atoms with Gasteiger partial charge in [0.25, 0.3) is 0 Å². The van der Waals surface area contributed by atoms with Crippen LogP contribution >= 0.6 is 0 Å². The summed E-state index contributed by atoms with van der Waals surface area (Å²) in [6.45, 7) is 3.78. The summed E-state index contributed by atoms with van der Waals surface area (Å²) in [5, 5.41) is 6.01. The van der Waals surface area contributed by atoms with Crippen molar-refractivity contribution in [2.75, 3.05) is 10.6 Å². The fourth-order valence-corrected chi connectivity index (χ4v) is 2.46. The fourth-order valence-electron chi connectivity index (χ4n) is 2.46. The average molecular weight is 358 g/mol. The third kappa shape index (κ3) is 4.50. The highest BCUT2D eigenvalue weighted by Crippen LogP contribution is 2.31. The van der Waals surface area contributed by atoms with Crippen LogP contribution in [0, 0.1) is 13.8 Å². The van der Waals surface area contributed by atoms with Crippen LogP contribution in [0.5, 0.6) is 0 Å². The Labute approximate surface area is 149 Å². The second-order valence-electron chi connectivity index (χ2n) is 5.92. The number of aromatic nitrogens is 2. The monoisotopic (exact) mass is 358 g/mol.